The van der Waals surface area contributed by atoms with Crippen LogP contribution < -0.4 is 5.46 Å². The standard InChI is InChI=1S/C26H29BFN3O3/c1-16-24(17(2)34-30-16)20-12-23-25(29-13-20)22(19-4-6-21(7-5-19)27(32)33)15-31(23)14-18-8-10-26(3,28)11-9-18/h4-7,12-13,15,18,32-33H,8-11,14H2,1-3H3. The molecule has 1 aliphatic rings. The Balaban J connectivity index is 1.58. The first kappa shape index (κ1) is 22.8. The van der Waals surface area contributed by atoms with E-state index in [0.717, 1.165) is 64.1 Å². The Hall–Kier alpha value is -2.97. The summed E-state index contributed by atoms with van der Waals surface area (Å²) in [4.78, 5) is 4.84. The fourth-order valence-corrected chi connectivity index (χ4v) is 5.14. The van der Waals surface area contributed by atoms with E-state index in [1.807, 2.05) is 32.2 Å². The van der Waals surface area contributed by atoms with E-state index in [1.54, 1.807) is 19.1 Å². The molecule has 5 rings (SSSR count). The predicted molar refractivity (Wildman–Crippen MR) is 131 cm³/mol. The summed E-state index contributed by atoms with van der Waals surface area (Å²) in [6, 6.07) is 9.32. The van der Waals surface area contributed by atoms with Crippen LogP contribution in [0.25, 0.3) is 33.3 Å². The average Bonchev–Trinajstić information content (AvgIpc) is 3.34. The second kappa shape index (κ2) is 8.67. The van der Waals surface area contributed by atoms with Crippen LogP contribution in [0.3, 0.4) is 0 Å². The molecule has 1 saturated carbocycles. The molecule has 1 aromatic carbocycles. The highest BCUT2D eigenvalue weighted by Crippen LogP contribution is 2.38. The van der Waals surface area contributed by atoms with Crippen LogP contribution in [-0.2, 0) is 6.54 Å². The number of aryl methyl sites for hydroxylation is 2. The Morgan fingerprint density at radius 1 is 1.15 bits per heavy atom. The summed E-state index contributed by atoms with van der Waals surface area (Å²) < 4.78 is 22.0. The van der Waals surface area contributed by atoms with Gasteiger partial charge in [-0.1, -0.05) is 29.4 Å². The molecular weight excluding hydrogens is 432 g/mol. The zero-order valence-corrected chi connectivity index (χ0v) is 19.8. The molecule has 3 heterocycles. The van der Waals surface area contributed by atoms with Crippen molar-refractivity contribution in [3.8, 4) is 22.3 Å². The zero-order valence-electron chi connectivity index (χ0n) is 19.8. The first-order valence-corrected chi connectivity index (χ1v) is 11.8. The van der Waals surface area contributed by atoms with E-state index in [-0.39, 0.29) is 0 Å². The summed E-state index contributed by atoms with van der Waals surface area (Å²) in [6.45, 7) is 6.33. The number of fused-ring (bicyclic) bond motifs is 1. The van der Waals surface area contributed by atoms with Crippen molar-refractivity contribution >= 4 is 23.6 Å². The number of hydrogen-bond donors (Lipinski definition) is 2. The lowest BCUT2D eigenvalue weighted by Crippen LogP contribution is -2.29. The molecular formula is C26H29BFN3O3. The summed E-state index contributed by atoms with van der Waals surface area (Å²) in [6.07, 6.45) is 6.88. The van der Waals surface area contributed by atoms with E-state index in [2.05, 4.69) is 22.0 Å². The number of aromatic nitrogens is 3. The van der Waals surface area contributed by atoms with Gasteiger partial charge in [0.05, 0.1) is 16.7 Å². The second-order valence-corrected chi connectivity index (χ2v) is 9.84. The van der Waals surface area contributed by atoms with E-state index < -0.39 is 12.8 Å². The second-order valence-electron chi connectivity index (χ2n) is 9.84. The molecule has 34 heavy (non-hydrogen) atoms. The summed E-state index contributed by atoms with van der Waals surface area (Å²) in [5, 5.41) is 23.0. The number of rotatable bonds is 5. The highest BCUT2D eigenvalue weighted by atomic mass is 19.1. The van der Waals surface area contributed by atoms with Gasteiger partial charge in [-0.3, -0.25) is 4.98 Å². The average molecular weight is 461 g/mol. The van der Waals surface area contributed by atoms with E-state index in [4.69, 9.17) is 9.51 Å². The SMILES string of the molecule is Cc1noc(C)c1-c1cnc2c(-c3ccc(B(O)O)cc3)cn(CC3CCC(C)(F)CC3)c2c1. The van der Waals surface area contributed by atoms with Gasteiger partial charge in [-0.05, 0) is 69.5 Å². The molecule has 0 aliphatic heterocycles. The monoisotopic (exact) mass is 461 g/mol. The lowest BCUT2D eigenvalue weighted by Gasteiger charge is -2.31. The van der Waals surface area contributed by atoms with E-state index >= 15 is 0 Å². The molecule has 1 aliphatic carbocycles. The summed E-state index contributed by atoms with van der Waals surface area (Å²) >= 11 is 0. The molecule has 0 atom stereocenters. The van der Waals surface area contributed by atoms with E-state index in [1.165, 1.54) is 0 Å². The van der Waals surface area contributed by atoms with Crippen LogP contribution in [-0.4, -0.2) is 37.5 Å². The van der Waals surface area contributed by atoms with Crippen LogP contribution in [0.5, 0.6) is 0 Å². The number of nitrogens with zero attached hydrogens (tertiary/aromatic N) is 3. The zero-order chi connectivity index (χ0) is 24.0. The summed E-state index contributed by atoms with van der Waals surface area (Å²) in [7, 11) is -1.50. The van der Waals surface area contributed by atoms with Crippen molar-refractivity contribution in [2.75, 3.05) is 0 Å². The normalized spacial score (nSPS) is 20.7. The van der Waals surface area contributed by atoms with Gasteiger partial charge in [-0.15, -0.1) is 0 Å². The third-order valence-electron chi connectivity index (χ3n) is 7.16. The Kier molecular flexibility index (Phi) is 5.82. The van der Waals surface area contributed by atoms with Crippen LogP contribution in [0.2, 0.25) is 0 Å². The van der Waals surface area contributed by atoms with Gasteiger partial charge >= 0.3 is 7.12 Å². The van der Waals surface area contributed by atoms with E-state index in [9.17, 15) is 14.4 Å². The molecule has 2 N–H and O–H groups in total. The van der Waals surface area contributed by atoms with Crippen LogP contribution in [0.15, 0.2) is 47.2 Å². The van der Waals surface area contributed by atoms with Gasteiger partial charge in [0, 0.05) is 35.6 Å². The Morgan fingerprint density at radius 3 is 2.47 bits per heavy atom. The van der Waals surface area contributed by atoms with Crippen LogP contribution in [0.1, 0.15) is 44.1 Å². The van der Waals surface area contributed by atoms with Crippen molar-refractivity contribution in [2.24, 2.45) is 5.92 Å². The minimum Gasteiger partial charge on any atom is -0.423 e. The van der Waals surface area contributed by atoms with E-state index in [0.29, 0.717) is 24.2 Å². The maximum absolute atomic E-state index is 14.4. The first-order valence-electron chi connectivity index (χ1n) is 11.8. The Labute approximate surface area is 198 Å². The number of benzene rings is 1. The molecule has 0 amide bonds. The number of halogens is 1. The molecule has 8 heteroatoms. The lowest BCUT2D eigenvalue weighted by atomic mass is 9.80. The number of alkyl halides is 1. The van der Waals surface area contributed by atoms with Crippen LogP contribution in [0.4, 0.5) is 4.39 Å². The molecule has 3 aromatic heterocycles. The Morgan fingerprint density at radius 2 is 1.85 bits per heavy atom. The molecule has 176 valence electrons. The summed E-state index contributed by atoms with van der Waals surface area (Å²) in [5.74, 6) is 1.16. The number of pyridine rings is 1. The van der Waals surface area contributed by atoms with Gasteiger partial charge in [0.25, 0.3) is 0 Å². The minimum atomic E-state index is -1.50. The van der Waals surface area contributed by atoms with Gasteiger partial charge in [0.2, 0.25) is 0 Å². The van der Waals surface area contributed by atoms with Crippen molar-refractivity contribution in [3.05, 3.63) is 54.2 Å². The maximum Gasteiger partial charge on any atom is 0.488 e. The lowest BCUT2D eigenvalue weighted by molar-refractivity contribution is 0.0985. The molecule has 4 aromatic rings. The molecule has 0 spiro atoms. The third kappa shape index (κ3) is 4.28. The molecule has 0 saturated heterocycles. The number of hydrogen-bond acceptors (Lipinski definition) is 5. The van der Waals surface area contributed by atoms with Gasteiger partial charge in [0.15, 0.2) is 0 Å². The van der Waals surface area contributed by atoms with Crippen LogP contribution >= 0.6 is 0 Å². The van der Waals surface area contributed by atoms with Gasteiger partial charge in [0.1, 0.15) is 11.4 Å². The maximum atomic E-state index is 14.4. The van der Waals surface area contributed by atoms with Gasteiger partial charge in [-0.2, -0.15) is 0 Å². The van der Waals surface area contributed by atoms with Crippen molar-refractivity contribution in [1.29, 1.82) is 0 Å². The van der Waals surface area contributed by atoms with Crippen molar-refractivity contribution in [1.82, 2.24) is 14.7 Å². The summed E-state index contributed by atoms with van der Waals surface area (Å²) in [5.41, 5.74) is 5.92. The highest BCUT2D eigenvalue weighted by Gasteiger charge is 2.31. The Bertz CT molecular complexity index is 1300. The van der Waals surface area contributed by atoms with Crippen molar-refractivity contribution in [3.63, 3.8) is 0 Å². The first-order chi connectivity index (χ1) is 16.2. The quantitative estimate of drug-likeness (QED) is 0.426. The topological polar surface area (TPSA) is 84.3 Å². The molecule has 0 bridgehead atoms. The van der Waals surface area contributed by atoms with Crippen molar-refractivity contribution in [2.45, 2.75) is 58.7 Å². The van der Waals surface area contributed by atoms with Crippen molar-refractivity contribution < 1.29 is 19.0 Å². The fourth-order valence-electron chi connectivity index (χ4n) is 5.14. The molecule has 6 nitrogen and oxygen atoms in total. The molecule has 0 unspecified atom stereocenters. The smallest absolute Gasteiger partial charge is 0.423 e. The highest BCUT2D eigenvalue weighted by molar-refractivity contribution is 6.58. The van der Waals surface area contributed by atoms with Crippen LogP contribution in [0, 0.1) is 19.8 Å². The van der Waals surface area contributed by atoms with Gasteiger partial charge < -0.3 is 19.1 Å². The minimum absolute atomic E-state index is 0.405. The molecule has 1 fully saturated rings. The predicted octanol–water partition coefficient (Wildman–Crippen LogP) is 4.57. The third-order valence-corrected chi connectivity index (χ3v) is 7.16. The largest absolute Gasteiger partial charge is 0.488 e. The fraction of sp³-hybridized carbons (Fsp3) is 0.385. The molecule has 0 radical (unpaired) electrons. The van der Waals surface area contributed by atoms with Gasteiger partial charge in [-0.25, -0.2) is 4.39 Å².